The lowest BCUT2D eigenvalue weighted by molar-refractivity contribution is -0.129. The highest BCUT2D eigenvalue weighted by Gasteiger charge is 2.33. The smallest absolute Gasteiger partial charge is 0.225 e. The number of likely N-dealkylation sites (tertiary alicyclic amines) is 1. The molecule has 0 radical (unpaired) electrons. The van der Waals surface area contributed by atoms with Crippen LogP contribution in [0.15, 0.2) is 84.9 Å². The Morgan fingerprint density at radius 2 is 1.46 bits per heavy atom. The molecule has 6 nitrogen and oxygen atoms in total. The van der Waals surface area contributed by atoms with Crippen LogP contribution >= 0.6 is 0 Å². The zero-order valence-corrected chi connectivity index (χ0v) is 21.4. The Bertz CT molecular complexity index is 1180. The molecule has 0 spiro atoms. The van der Waals surface area contributed by atoms with Crippen LogP contribution in [0.25, 0.3) is 0 Å². The molecular formula is C31H36N4O2. The number of nitrogens with one attached hydrogen (secondary N) is 1. The Morgan fingerprint density at radius 1 is 0.811 bits per heavy atom. The molecule has 0 saturated carbocycles. The second-order valence-electron chi connectivity index (χ2n) is 10.1. The molecule has 2 saturated heterocycles. The predicted molar refractivity (Wildman–Crippen MR) is 147 cm³/mol. The van der Waals surface area contributed by atoms with Crippen molar-refractivity contribution in [3.05, 3.63) is 102 Å². The van der Waals surface area contributed by atoms with Crippen molar-refractivity contribution < 1.29 is 9.59 Å². The molecule has 3 aromatic rings. The summed E-state index contributed by atoms with van der Waals surface area (Å²) in [5.41, 5.74) is 4.89. The zero-order chi connectivity index (χ0) is 25.5. The van der Waals surface area contributed by atoms with Gasteiger partial charge in [0.1, 0.15) is 0 Å². The van der Waals surface area contributed by atoms with E-state index in [2.05, 4.69) is 75.8 Å². The van der Waals surface area contributed by atoms with Gasteiger partial charge in [-0.3, -0.25) is 14.5 Å². The first-order chi connectivity index (χ1) is 18.2. The Kier molecular flexibility index (Phi) is 8.16. The third-order valence-corrected chi connectivity index (χ3v) is 7.56. The standard InChI is InChI=1S/C31H36N4O2/c36-30-21-28(24-35(30)16-15-25-9-3-1-4-10-25)31(37)32-22-26-11-7-8-12-27(26)23-33-17-19-34(20-18-33)29-13-5-2-6-14-29/h1-14,28H,15-24H2,(H,32,37). The summed E-state index contributed by atoms with van der Waals surface area (Å²) in [4.78, 5) is 32.2. The Balaban J connectivity index is 1.10. The SMILES string of the molecule is O=C(NCc1ccccc1CN1CCN(c2ccccc2)CC1)C1CC(=O)N(CCc2ccccc2)C1. The Hall–Kier alpha value is -3.64. The van der Waals surface area contributed by atoms with Crippen LogP contribution in [0.3, 0.4) is 0 Å². The molecule has 1 N–H and O–H groups in total. The van der Waals surface area contributed by atoms with Crippen LogP contribution in [0, 0.1) is 5.92 Å². The van der Waals surface area contributed by atoms with Gasteiger partial charge in [-0.05, 0) is 35.2 Å². The highest BCUT2D eigenvalue weighted by atomic mass is 16.2. The van der Waals surface area contributed by atoms with Gasteiger partial charge < -0.3 is 15.1 Å². The molecule has 1 atom stereocenters. The first-order valence-electron chi connectivity index (χ1n) is 13.3. The number of hydrogen-bond donors (Lipinski definition) is 1. The van der Waals surface area contributed by atoms with Gasteiger partial charge in [-0.2, -0.15) is 0 Å². The van der Waals surface area contributed by atoms with Crippen LogP contribution in [0.4, 0.5) is 5.69 Å². The van der Waals surface area contributed by atoms with Gasteiger partial charge in [0.15, 0.2) is 0 Å². The van der Waals surface area contributed by atoms with Crippen molar-refractivity contribution >= 4 is 17.5 Å². The summed E-state index contributed by atoms with van der Waals surface area (Å²) in [6, 6.07) is 29.1. The van der Waals surface area contributed by atoms with Crippen LogP contribution < -0.4 is 10.2 Å². The summed E-state index contributed by atoms with van der Waals surface area (Å²) < 4.78 is 0. The number of amides is 2. The number of carbonyl (C=O) groups excluding carboxylic acids is 2. The van der Waals surface area contributed by atoms with E-state index in [1.54, 1.807) is 0 Å². The van der Waals surface area contributed by atoms with Gasteiger partial charge >= 0.3 is 0 Å². The average Bonchev–Trinajstić information content (AvgIpc) is 3.33. The Labute approximate surface area is 219 Å². The van der Waals surface area contributed by atoms with E-state index in [0.717, 1.165) is 44.7 Å². The summed E-state index contributed by atoms with van der Waals surface area (Å²) in [5, 5.41) is 3.12. The minimum atomic E-state index is -0.276. The lowest BCUT2D eigenvalue weighted by Gasteiger charge is -2.36. The fraction of sp³-hybridized carbons (Fsp3) is 0.355. The van der Waals surface area contributed by atoms with Gasteiger partial charge in [0.25, 0.3) is 0 Å². The molecule has 2 aliphatic rings. The van der Waals surface area contributed by atoms with Crippen LogP contribution in [0.5, 0.6) is 0 Å². The third-order valence-electron chi connectivity index (χ3n) is 7.56. The van der Waals surface area contributed by atoms with Crippen molar-refractivity contribution in [1.29, 1.82) is 0 Å². The normalized spacial score (nSPS) is 18.3. The maximum Gasteiger partial charge on any atom is 0.225 e. The van der Waals surface area contributed by atoms with Gasteiger partial charge in [-0.15, -0.1) is 0 Å². The first-order valence-corrected chi connectivity index (χ1v) is 13.3. The van der Waals surface area contributed by atoms with E-state index in [9.17, 15) is 9.59 Å². The van der Waals surface area contributed by atoms with Gasteiger partial charge in [0.05, 0.1) is 5.92 Å². The van der Waals surface area contributed by atoms with E-state index in [1.165, 1.54) is 16.8 Å². The number of hydrogen-bond acceptors (Lipinski definition) is 4. The fourth-order valence-electron chi connectivity index (χ4n) is 5.33. The van der Waals surface area contributed by atoms with Crippen LogP contribution in [0.2, 0.25) is 0 Å². The maximum atomic E-state index is 13.0. The molecule has 37 heavy (non-hydrogen) atoms. The largest absolute Gasteiger partial charge is 0.369 e. The van der Waals surface area contributed by atoms with Crippen molar-refractivity contribution in [2.24, 2.45) is 5.92 Å². The van der Waals surface area contributed by atoms with Gasteiger partial charge in [-0.1, -0.05) is 72.8 Å². The number of anilines is 1. The van der Waals surface area contributed by atoms with E-state index in [0.29, 0.717) is 26.1 Å². The minimum Gasteiger partial charge on any atom is -0.369 e. The van der Waals surface area contributed by atoms with Crippen molar-refractivity contribution in [3.8, 4) is 0 Å². The molecule has 6 heteroatoms. The molecule has 1 unspecified atom stereocenters. The summed E-state index contributed by atoms with van der Waals surface area (Å²) >= 11 is 0. The number of para-hydroxylation sites is 1. The van der Waals surface area contributed by atoms with E-state index < -0.39 is 0 Å². The topological polar surface area (TPSA) is 55.9 Å². The lowest BCUT2D eigenvalue weighted by Crippen LogP contribution is -2.46. The molecule has 3 aromatic carbocycles. The van der Waals surface area contributed by atoms with Crippen molar-refractivity contribution in [2.45, 2.75) is 25.9 Å². The van der Waals surface area contributed by atoms with Gasteiger partial charge in [0, 0.05) is 64.5 Å². The maximum absolute atomic E-state index is 13.0. The lowest BCUT2D eigenvalue weighted by atomic mass is 10.0. The molecular weight excluding hydrogens is 460 g/mol. The summed E-state index contributed by atoms with van der Waals surface area (Å²) in [6.07, 6.45) is 1.11. The highest BCUT2D eigenvalue weighted by Crippen LogP contribution is 2.20. The van der Waals surface area contributed by atoms with Gasteiger partial charge in [0.2, 0.25) is 11.8 Å². The molecule has 5 rings (SSSR count). The predicted octanol–water partition coefficient (Wildman–Crippen LogP) is 3.72. The van der Waals surface area contributed by atoms with Crippen molar-refractivity contribution in [3.63, 3.8) is 0 Å². The average molecular weight is 497 g/mol. The molecule has 2 fully saturated rings. The van der Waals surface area contributed by atoms with Crippen molar-refractivity contribution in [1.82, 2.24) is 15.1 Å². The highest BCUT2D eigenvalue weighted by molar-refractivity contribution is 5.89. The molecule has 2 amide bonds. The Morgan fingerprint density at radius 3 is 2.19 bits per heavy atom. The summed E-state index contributed by atoms with van der Waals surface area (Å²) in [7, 11) is 0. The third kappa shape index (κ3) is 6.57. The van der Waals surface area contributed by atoms with Crippen LogP contribution in [-0.2, 0) is 29.1 Å². The van der Waals surface area contributed by atoms with Crippen LogP contribution in [0.1, 0.15) is 23.1 Å². The van der Waals surface area contributed by atoms with E-state index in [-0.39, 0.29) is 17.7 Å². The van der Waals surface area contributed by atoms with E-state index in [4.69, 9.17) is 0 Å². The molecule has 192 valence electrons. The number of piperazine rings is 1. The molecule has 0 aromatic heterocycles. The zero-order valence-electron chi connectivity index (χ0n) is 21.4. The van der Waals surface area contributed by atoms with Crippen LogP contribution in [-0.4, -0.2) is 60.9 Å². The van der Waals surface area contributed by atoms with Crippen molar-refractivity contribution in [2.75, 3.05) is 44.2 Å². The number of nitrogens with zero attached hydrogens (tertiary/aromatic N) is 3. The number of carbonyl (C=O) groups is 2. The monoisotopic (exact) mass is 496 g/mol. The molecule has 2 aliphatic heterocycles. The summed E-state index contributed by atoms with van der Waals surface area (Å²) in [6.45, 7) is 6.59. The number of benzene rings is 3. The minimum absolute atomic E-state index is 0.0261. The molecule has 0 bridgehead atoms. The summed E-state index contributed by atoms with van der Waals surface area (Å²) in [5.74, 6) is -0.227. The number of rotatable bonds is 9. The second-order valence-corrected chi connectivity index (χ2v) is 10.1. The van der Waals surface area contributed by atoms with E-state index in [1.807, 2.05) is 29.2 Å². The quantitative estimate of drug-likeness (QED) is 0.491. The van der Waals surface area contributed by atoms with Gasteiger partial charge in [-0.25, -0.2) is 0 Å². The fourth-order valence-corrected chi connectivity index (χ4v) is 5.33. The molecule has 2 heterocycles. The van der Waals surface area contributed by atoms with E-state index >= 15 is 0 Å². The molecule has 0 aliphatic carbocycles. The first kappa shape index (κ1) is 25.0. The second kappa shape index (κ2) is 12.1.